The highest BCUT2D eigenvalue weighted by Crippen LogP contribution is 2.53. The summed E-state index contributed by atoms with van der Waals surface area (Å²) in [6.45, 7) is 0. The number of rotatable bonds is 4. The minimum atomic E-state index is -0.212. The minimum absolute atomic E-state index is 0.0616. The van der Waals surface area contributed by atoms with Crippen LogP contribution in [0.3, 0.4) is 0 Å². The number of allylic oxidation sites excluding steroid dienone is 2. The standard InChI is InChI=1S/C27H19FN2O2S2/c28-20-9-7-16(18-3-1-2-4-19(18)20)13-33-27-29-21-10-8-17(12-22(21)34-27)30-25(31)23-14-5-6-15(11-14)24(23)26(30)32/h1-10,12,14-15,23-24H,11,13H2/t14-,15-,23-,24-/m0/s1. The summed E-state index contributed by atoms with van der Waals surface area (Å²) >= 11 is 3.16. The van der Waals surface area contributed by atoms with Crippen molar-refractivity contribution in [3.8, 4) is 0 Å². The van der Waals surface area contributed by atoms with Gasteiger partial charge >= 0.3 is 0 Å². The predicted molar refractivity (Wildman–Crippen MR) is 133 cm³/mol. The lowest BCUT2D eigenvalue weighted by atomic mass is 9.85. The largest absolute Gasteiger partial charge is 0.274 e. The van der Waals surface area contributed by atoms with E-state index >= 15 is 0 Å². The number of carbonyl (C=O) groups excluding carboxylic acids is 2. The molecular formula is C27H19FN2O2S2. The average Bonchev–Trinajstić information content (AvgIpc) is 3.61. The summed E-state index contributed by atoms with van der Waals surface area (Å²) < 4.78 is 16.0. The number of nitrogens with zero attached hydrogens (tertiary/aromatic N) is 2. The van der Waals surface area contributed by atoms with Crippen LogP contribution in [0.5, 0.6) is 0 Å². The van der Waals surface area contributed by atoms with E-state index in [2.05, 4.69) is 12.2 Å². The normalized spacial score (nSPS) is 25.3. The van der Waals surface area contributed by atoms with Gasteiger partial charge in [0, 0.05) is 11.1 Å². The van der Waals surface area contributed by atoms with E-state index < -0.39 is 0 Å². The third kappa shape index (κ3) is 2.93. The lowest BCUT2D eigenvalue weighted by Gasteiger charge is -2.17. The van der Waals surface area contributed by atoms with Crippen molar-refractivity contribution >= 4 is 61.6 Å². The number of halogens is 1. The first-order valence-electron chi connectivity index (χ1n) is 11.3. The summed E-state index contributed by atoms with van der Waals surface area (Å²) in [7, 11) is 0. The van der Waals surface area contributed by atoms with Crippen LogP contribution in [-0.4, -0.2) is 16.8 Å². The summed E-state index contributed by atoms with van der Waals surface area (Å²) in [6.07, 6.45) is 5.15. The molecule has 2 heterocycles. The zero-order valence-corrected chi connectivity index (χ0v) is 19.6. The van der Waals surface area contributed by atoms with Crippen molar-refractivity contribution < 1.29 is 14.0 Å². The van der Waals surface area contributed by atoms with Gasteiger partial charge in [0.2, 0.25) is 11.8 Å². The predicted octanol–water partition coefficient (Wildman–Crippen LogP) is 6.19. The molecule has 1 aliphatic heterocycles. The number of carbonyl (C=O) groups is 2. The van der Waals surface area contributed by atoms with E-state index in [0.717, 1.165) is 31.9 Å². The van der Waals surface area contributed by atoms with Gasteiger partial charge in [0.25, 0.3) is 0 Å². The van der Waals surface area contributed by atoms with Crippen LogP contribution >= 0.6 is 23.1 Å². The summed E-state index contributed by atoms with van der Waals surface area (Å²) in [5, 5.41) is 1.54. The number of anilines is 1. The van der Waals surface area contributed by atoms with Gasteiger partial charge in [-0.1, -0.05) is 54.2 Å². The second kappa shape index (κ2) is 7.48. The zero-order chi connectivity index (χ0) is 23.0. The number of hydrogen-bond acceptors (Lipinski definition) is 5. The quantitative estimate of drug-likeness (QED) is 0.196. The molecule has 4 atom stereocenters. The molecule has 2 bridgehead atoms. The molecular weight excluding hydrogens is 467 g/mol. The fourth-order valence-electron chi connectivity index (χ4n) is 5.84. The second-order valence-corrected chi connectivity index (χ2v) is 11.4. The molecule has 3 aromatic carbocycles. The molecule has 168 valence electrons. The molecule has 0 radical (unpaired) electrons. The Bertz CT molecular complexity index is 1510. The van der Waals surface area contributed by atoms with E-state index in [-0.39, 0.29) is 41.3 Å². The fraction of sp³-hybridized carbons (Fsp3) is 0.222. The Kier molecular flexibility index (Phi) is 4.48. The smallest absolute Gasteiger partial charge is 0.238 e. The maximum absolute atomic E-state index is 14.1. The fourth-order valence-corrected chi connectivity index (χ4v) is 7.95. The van der Waals surface area contributed by atoms with Crippen LogP contribution in [0.1, 0.15) is 12.0 Å². The Labute approximate surface area is 203 Å². The summed E-state index contributed by atoms with van der Waals surface area (Å²) in [5.41, 5.74) is 2.55. The highest BCUT2D eigenvalue weighted by atomic mass is 32.2. The van der Waals surface area contributed by atoms with Crippen molar-refractivity contribution in [3.63, 3.8) is 0 Å². The van der Waals surface area contributed by atoms with Crippen molar-refractivity contribution in [1.82, 2.24) is 4.98 Å². The lowest BCUT2D eigenvalue weighted by molar-refractivity contribution is -0.123. The molecule has 7 heteroatoms. The summed E-state index contributed by atoms with van der Waals surface area (Å²) in [4.78, 5) is 32.4. The molecule has 3 aliphatic rings. The number of fused-ring (bicyclic) bond motifs is 7. The van der Waals surface area contributed by atoms with Crippen molar-refractivity contribution in [2.45, 2.75) is 16.5 Å². The van der Waals surface area contributed by atoms with E-state index in [1.165, 1.54) is 11.0 Å². The minimum Gasteiger partial charge on any atom is -0.274 e. The van der Waals surface area contributed by atoms with E-state index in [4.69, 9.17) is 4.98 Å². The molecule has 4 nitrogen and oxygen atoms in total. The second-order valence-electron chi connectivity index (χ2n) is 9.18. The van der Waals surface area contributed by atoms with E-state index in [0.29, 0.717) is 16.8 Å². The number of imide groups is 1. The van der Waals surface area contributed by atoms with Crippen LogP contribution in [0.2, 0.25) is 0 Å². The summed E-state index contributed by atoms with van der Waals surface area (Å²) in [5.74, 6) is 0.351. The Morgan fingerprint density at radius 3 is 2.47 bits per heavy atom. The van der Waals surface area contributed by atoms with Crippen molar-refractivity contribution in [1.29, 1.82) is 0 Å². The maximum Gasteiger partial charge on any atom is 0.238 e. The van der Waals surface area contributed by atoms with Crippen molar-refractivity contribution in [3.05, 3.63) is 78.1 Å². The Morgan fingerprint density at radius 2 is 1.71 bits per heavy atom. The molecule has 2 fully saturated rings. The van der Waals surface area contributed by atoms with Gasteiger partial charge in [0.15, 0.2) is 4.34 Å². The number of benzene rings is 3. The number of aromatic nitrogens is 1. The van der Waals surface area contributed by atoms with Gasteiger partial charge in [-0.05, 0) is 53.5 Å². The van der Waals surface area contributed by atoms with Crippen LogP contribution in [0.15, 0.2) is 71.1 Å². The molecule has 0 unspecified atom stereocenters. The van der Waals surface area contributed by atoms with E-state index in [1.54, 1.807) is 29.2 Å². The number of hydrogen-bond donors (Lipinski definition) is 0. The lowest BCUT2D eigenvalue weighted by Crippen LogP contribution is -2.32. The van der Waals surface area contributed by atoms with E-state index in [9.17, 15) is 14.0 Å². The molecule has 4 aromatic rings. The third-order valence-corrected chi connectivity index (χ3v) is 9.60. The van der Waals surface area contributed by atoms with Gasteiger partial charge in [-0.2, -0.15) is 0 Å². The van der Waals surface area contributed by atoms with Crippen LogP contribution in [0, 0.1) is 29.5 Å². The highest BCUT2D eigenvalue weighted by Gasteiger charge is 2.59. The van der Waals surface area contributed by atoms with Crippen molar-refractivity contribution in [2.75, 3.05) is 4.90 Å². The first-order valence-corrected chi connectivity index (χ1v) is 13.1. The molecule has 2 amide bonds. The van der Waals surface area contributed by atoms with E-state index in [1.807, 2.05) is 42.5 Å². The van der Waals surface area contributed by atoms with Gasteiger partial charge in [0.05, 0.1) is 27.7 Å². The molecule has 1 saturated heterocycles. The van der Waals surface area contributed by atoms with Gasteiger partial charge in [0.1, 0.15) is 5.82 Å². The Morgan fingerprint density at radius 1 is 0.971 bits per heavy atom. The van der Waals surface area contributed by atoms with Crippen LogP contribution in [0.25, 0.3) is 21.0 Å². The van der Waals surface area contributed by atoms with Crippen molar-refractivity contribution in [2.24, 2.45) is 23.7 Å². The van der Waals surface area contributed by atoms with Crippen LogP contribution < -0.4 is 4.90 Å². The molecule has 34 heavy (non-hydrogen) atoms. The third-order valence-electron chi connectivity index (χ3n) is 7.39. The molecule has 2 aliphatic carbocycles. The highest BCUT2D eigenvalue weighted by molar-refractivity contribution is 8.00. The molecule has 7 rings (SSSR count). The summed E-state index contributed by atoms with van der Waals surface area (Å²) in [6, 6.07) is 16.5. The Hall–Kier alpha value is -3.03. The van der Waals surface area contributed by atoms with Crippen LogP contribution in [-0.2, 0) is 15.3 Å². The molecule has 0 N–H and O–H groups in total. The zero-order valence-electron chi connectivity index (χ0n) is 18.0. The monoisotopic (exact) mass is 486 g/mol. The number of thioether (sulfide) groups is 1. The average molecular weight is 487 g/mol. The first kappa shape index (κ1) is 20.4. The van der Waals surface area contributed by atoms with Crippen LogP contribution in [0.4, 0.5) is 10.1 Å². The van der Waals surface area contributed by atoms with Gasteiger partial charge in [-0.15, -0.1) is 11.3 Å². The topological polar surface area (TPSA) is 50.3 Å². The van der Waals surface area contributed by atoms with Gasteiger partial charge in [-0.3, -0.25) is 9.59 Å². The number of amides is 2. The SMILES string of the molecule is O=C1[C@@H]2[C@@H](C(=O)N1c1ccc3nc(SCc4ccc(F)c5ccccc45)sc3c1)[C@H]1C=C[C@H]2C1. The molecule has 0 spiro atoms. The first-order chi connectivity index (χ1) is 16.6. The van der Waals surface area contributed by atoms with Gasteiger partial charge in [-0.25, -0.2) is 14.3 Å². The molecule has 1 aromatic heterocycles. The maximum atomic E-state index is 14.1. The molecule has 1 saturated carbocycles. The number of thiazole rings is 1. The van der Waals surface area contributed by atoms with Gasteiger partial charge < -0.3 is 0 Å². The Balaban J connectivity index is 1.15.